The summed E-state index contributed by atoms with van der Waals surface area (Å²) < 4.78 is 0. The lowest BCUT2D eigenvalue weighted by molar-refractivity contribution is 0.525. The van der Waals surface area contributed by atoms with Gasteiger partial charge in [0.25, 0.3) is 0 Å². The van der Waals surface area contributed by atoms with Gasteiger partial charge >= 0.3 is 0 Å². The van der Waals surface area contributed by atoms with Crippen LogP contribution in [0.3, 0.4) is 0 Å². The Balaban J connectivity index is 2.00. The van der Waals surface area contributed by atoms with Crippen molar-refractivity contribution >= 4 is 11.3 Å². The molecule has 1 aromatic heterocycles. The minimum atomic E-state index is 0.261. The van der Waals surface area contributed by atoms with Crippen LogP contribution in [0.5, 0.6) is 0 Å². The van der Waals surface area contributed by atoms with Crippen LogP contribution in [0.15, 0.2) is 36.0 Å². The van der Waals surface area contributed by atoms with Gasteiger partial charge in [-0.1, -0.05) is 29.8 Å². The maximum Gasteiger partial charge on any atom is 0.0794 e. The highest BCUT2D eigenvalue weighted by Crippen LogP contribution is 2.12. The Morgan fingerprint density at radius 3 is 2.94 bits per heavy atom. The summed E-state index contributed by atoms with van der Waals surface area (Å²) in [6.07, 6.45) is 3.77. The van der Waals surface area contributed by atoms with E-state index in [1.54, 1.807) is 11.3 Å². The lowest BCUT2D eigenvalue weighted by Crippen LogP contribution is -2.38. The van der Waals surface area contributed by atoms with E-state index in [1.165, 1.54) is 16.0 Å². The molecule has 0 fully saturated rings. The fourth-order valence-corrected chi connectivity index (χ4v) is 2.58. The molecule has 0 aliphatic heterocycles. The number of benzene rings is 1. The first-order valence-corrected chi connectivity index (χ1v) is 6.55. The Kier molecular flexibility index (Phi) is 4.25. The van der Waals surface area contributed by atoms with Crippen molar-refractivity contribution in [3.05, 3.63) is 52.0 Å². The zero-order valence-corrected chi connectivity index (χ0v) is 10.7. The van der Waals surface area contributed by atoms with Crippen LogP contribution < -0.4 is 11.3 Å². The molecule has 1 unspecified atom stereocenters. The van der Waals surface area contributed by atoms with Crippen molar-refractivity contribution in [2.24, 2.45) is 5.84 Å². The van der Waals surface area contributed by atoms with E-state index in [-0.39, 0.29) is 6.04 Å². The summed E-state index contributed by atoms with van der Waals surface area (Å²) in [5.41, 5.74) is 7.35. The van der Waals surface area contributed by atoms with E-state index < -0.39 is 0 Å². The van der Waals surface area contributed by atoms with E-state index in [2.05, 4.69) is 41.6 Å². The quantitative estimate of drug-likeness (QED) is 0.628. The van der Waals surface area contributed by atoms with Crippen LogP contribution >= 0.6 is 11.3 Å². The highest BCUT2D eigenvalue weighted by Gasteiger charge is 2.09. The number of nitrogens with zero attached hydrogens (tertiary/aromatic N) is 1. The Bertz CT molecular complexity index is 453. The van der Waals surface area contributed by atoms with Crippen LogP contribution in [0.25, 0.3) is 0 Å². The molecule has 2 aromatic rings. The van der Waals surface area contributed by atoms with E-state index in [4.69, 9.17) is 5.84 Å². The van der Waals surface area contributed by atoms with Crippen molar-refractivity contribution in [2.45, 2.75) is 25.8 Å². The van der Waals surface area contributed by atoms with E-state index in [0.717, 1.165) is 12.8 Å². The van der Waals surface area contributed by atoms with Crippen LogP contribution in [-0.2, 0) is 12.8 Å². The first-order chi connectivity index (χ1) is 8.28. The molecule has 1 atom stereocenters. The first kappa shape index (κ1) is 12.2. The molecule has 3 N–H and O–H groups in total. The van der Waals surface area contributed by atoms with Crippen molar-refractivity contribution in [2.75, 3.05) is 0 Å². The number of aryl methyl sites for hydroxylation is 1. The molecular formula is C13H17N3S. The third kappa shape index (κ3) is 3.63. The number of hydrogen-bond donors (Lipinski definition) is 2. The Labute approximate surface area is 106 Å². The SMILES string of the molecule is Cc1cccc(CC(Cc2cncs2)NN)c1. The average Bonchev–Trinajstić information content (AvgIpc) is 2.81. The molecule has 0 saturated heterocycles. The number of rotatable bonds is 5. The average molecular weight is 247 g/mol. The molecule has 17 heavy (non-hydrogen) atoms. The molecule has 4 heteroatoms. The predicted molar refractivity (Wildman–Crippen MR) is 71.8 cm³/mol. The number of hydrogen-bond acceptors (Lipinski definition) is 4. The lowest BCUT2D eigenvalue weighted by atomic mass is 10.0. The van der Waals surface area contributed by atoms with Gasteiger partial charge in [0.2, 0.25) is 0 Å². The molecule has 2 rings (SSSR count). The van der Waals surface area contributed by atoms with Gasteiger partial charge in [-0.2, -0.15) is 0 Å². The second-order valence-corrected chi connectivity index (χ2v) is 5.20. The van der Waals surface area contributed by atoms with Crippen LogP contribution in [-0.4, -0.2) is 11.0 Å². The minimum Gasteiger partial charge on any atom is -0.271 e. The molecule has 0 saturated carbocycles. The smallest absolute Gasteiger partial charge is 0.0794 e. The van der Waals surface area contributed by atoms with Gasteiger partial charge in [-0.25, -0.2) is 0 Å². The van der Waals surface area contributed by atoms with E-state index in [0.29, 0.717) is 0 Å². The van der Waals surface area contributed by atoms with Crippen molar-refractivity contribution in [1.29, 1.82) is 0 Å². The summed E-state index contributed by atoms with van der Waals surface area (Å²) in [6, 6.07) is 8.81. The largest absolute Gasteiger partial charge is 0.271 e. The summed E-state index contributed by atoms with van der Waals surface area (Å²) in [5.74, 6) is 5.61. The van der Waals surface area contributed by atoms with E-state index in [1.807, 2.05) is 11.7 Å². The summed E-state index contributed by atoms with van der Waals surface area (Å²) >= 11 is 1.67. The van der Waals surface area contributed by atoms with Gasteiger partial charge in [0.15, 0.2) is 0 Å². The number of aromatic nitrogens is 1. The number of nitrogens with one attached hydrogen (secondary N) is 1. The maximum atomic E-state index is 5.61. The molecule has 0 spiro atoms. The molecular weight excluding hydrogens is 230 g/mol. The fourth-order valence-electron chi connectivity index (χ4n) is 1.90. The third-order valence-corrected chi connectivity index (χ3v) is 3.53. The highest BCUT2D eigenvalue weighted by molar-refractivity contribution is 7.09. The Morgan fingerprint density at radius 2 is 2.29 bits per heavy atom. The summed E-state index contributed by atoms with van der Waals surface area (Å²) in [7, 11) is 0. The predicted octanol–water partition coefficient (Wildman–Crippen LogP) is 2.07. The zero-order valence-electron chi connectivity index (χ0n) is 9.89. The monoisotopic (exact) mass is 247 g/mol. The number of hydrazine groups is 1. The van der Waals surface area contributed by atoms with Crippen LogP contribution in [0.4, 0.5) is 0 Å². The maximum absolute atomic E-state index is 5.61. The molecule has 90 valence electrons. The first-order valence-electron chi connectivity index (χ1n) is 5.67. The summed E-state index contributed by atoms with van der Waals surface area (Å²) in [6.45, 7) is 2.11. The molecule has 0 aliphatic rings. The molecule has 0 amide bonds. The minimum absolute atomic E-state index is 0.261. The second-order valence-electron chi connectivity index (χ2n) is 4.23. The fraction of sp³-hybridized carbons (Fsp3) is 0.308. The van der Waals surface area contributed by atoms with E-state index >= 15 is 0 Å². The zero-order chi connectivity index (χ0) is 12.1. The topological polar surface area (TPSA) is 50.9 Å². The molecule has 0 aliphatic carbocycles. The van der Waals surface area contributed by atoms with Crippen molar-refractivity contribution in [3.63, 3.8) is 0 Å². The Morgan fingerprint density at radius 1 is 1.41 bits per heavy atom. The van der Waals surface area contributed by atoms with Gasteiger partial charge in [-0.15, -0.1) is 11.3 Å². The van der Waals surface area contributed by atoms with Crippen molar-refractivity contribution in [1.82, 2.24) is 10.4 Å². The van der Waals surface area contributed by atoms with Crippen LogP contribution in [0, 0.1) is 6.92 Å². The van der Waals surface area contributed by atoms with Crippen molar-refractivity contribution < 1.29 is 0 Å². The number of thiazole rings is 1. The third-order valence-electron chi connectivity index (χ3n) is 2.73. The van der Waals surface area contributed by atoms with Gasteiger partial charge in [0, 0.05) is 23.5 Å². The number of nitrogens with two attached hydrogens (primary N) is 1. The summed E-state index contributed by atoms with van der Waals surface area (Å²) in [5, 5.41) is 0. The second kappa shape index (κ2) is 5.91. The normalized spacial score (nSPS) is 12.6. The molecule has 1 heterocycles. The van der Waals surface area contributed by atoms with Gasteiger partial charge in [0.05, 0.1) is 5.51 Å². The van der Waals surface area contributed by atoms with Gasteiger partial charge in [-0.3, -0.25) is 16.3 Å². The summed E-state index contributed by atoms with van der Waals surface area (Å²) in [4.78, 5) is 5.35. The molecule has 1 aromatic carbocycles. The highest BCUT2D eigenvalue weighted by atomic mass is 32.1. The molecule has 3 nitrogen and oxygen atoms in total. The van der Waals surface area contributed by atoms with Crippen LogP contribution in [0.2, 0.25) is 0 Å². The van der Waals surface area contributed by atoms with E-state index in [9.17, 15) is 0 Å². The van der Waals surface area contributed by atoms with Gasteiger partial charge in [0.1, 0.15) is 0 Å². The lowest BCUT2D eigenvalue weighted by Gasteiger charge is -2.15. The molecule has 0 radical (unpaired) electrons. The van der Waals surface area contributed by atoms with Crippen molar-refractivity contribution in [3.8, 4) is 0 Å². The van der Waals surface area contributed by atoms with Gasteiger partial charge < -0.3 is 0 Å². The Hall–Kier alpha value is -1.23. The van der Waals surface area contributed by atoms with Crippen LogP contribution in [0.1, 0.15) is 16.0 Å². The molecule has 0 bridgehead atoms. The van der Waals surface area contributed by atoms with Gasteiger partial charge in [-0.05, 0) is 18.9 Å². The standard InChI is InChI=1S/C13H17N3S/c1-10-3-2-4-11(5-10)6-12(16-14)7-13-8-15-9-17-13/h2-5,8-9,12,16H,6-7,14H2,1H3.